The summed E-state index contributed by atoms with van der Waals surface area (Å²) in [6.45, 7) is 4.00. The van der Waals surface area contributed by atoms with E-state index in [1.54, 1.807) is 6.07 Å². The average Bonchev–Trinajstić information content (AvgIpc) is 2.28. The fourth-order valence-corrected chi connectivity index (χ4v) is 2.56. The molecule has 3 unspecified atom stereocenters. The maximum absolute atomic E-state index is 13.1. The molecule has 0 amide bonds. The first kappa shape index (κ1) is 11.5. The standard InChI is InChI=1S/C13H16F2O/c1-3-13(2)9(7-12(13)16)8-4-5-10(14)11(15)6-8/h4-6,9,12,16H,3,7H2,1-2H3. The monoisotopic (exact) mass is 226 g/mol. The zero-order valence-electron chi connectivity index (χ0n) is 9.50. The molecule has 16 heavy (non-hydrogen) atoms. The number of aliphatic hydroxyl groups excluding tert-OH is 1. The quantitative estimate of drug-likeness (QED) is 0.820. The Balaban J connectivity index is 2.29. The van der Waals surface area contributed by atoms with Gasteiger partial charge in [-0.1, -0.05) is 19.9 Å². The van der Waals surface area contributed by atoms with Crippen molar-refractivity contribution in [3.8, 4) is 0 Å². The van der Waals surface area contributed by atoms with Crippen LogP contribution >= 0.6 is 0 Å². The van der Waals surface area contributed by atoms with E-state index in [-0.39, 0.29) is 17.4 Å². The molecule has 0 aliphatic heterocycles. The predicted molar refractivity (Wildman–Crippen MR) is 58.1 cm³/mol. The Kier molecular flexibility index (Phi) is 2.74. The van der Waals surface area contributed by atoms with Crippen molar-refractivity contribution in [2.24, 2.45) is 5.41 Å². The van der Waals surface area contributed by atoms with Crippen LogP contribution in [0, 0.1) is 17.0 Å². The molecule has 1 aliphatic rings. The summed E-state index contributed by atoms with van der Waals surface area (Å²) >= 11 is 0. The van der Waals surface area contributed by atoms with E-state index in [9.17, 15) is 13.9 Å². The Labute approximate surface area is 94.1 Å². The molecule has 3 atom stereocenters. The van der Waals surface area contributed by atoms with Gasteiger partial charge in [0.15, 0.2) is 11.6 Å². The summed E-state index contributed by atoms with van der Waals surface area (Å²) in [6.07, 6.45) is 1.13. The third-order valence-electron chi connectivity index (χ3n) is 4.12. The van der Waals surface area contributed by atoms with Crippen molar-refractivity contribution in [1.29, 1.82) is 0 Å². The maximum atomic E-state index is 13.1. The number of rotatable bonds is 2. The molecule has 3 heteroatoms. The highest BCUT2D eigenvalue weighted by Crippen LogP contribution is 2.54. The Hall–Kier alpha value is -0.960. The van der Waals surface area contributed by atoms with Crippen molar-refractivity contribution in [1.82, 2.24) is 0 Å². The smallest absolute Gasteiger partial charge is 0.159 e. The second-order valence-corrected chi connectivity index (χ2v) is 4.84. The van der Waals surface area contributed by atoms with Gasteiger partial charge in [-0.25, -0.2) is 8.78 Å². The summed E-state index contributed by atoms with van der Waals surface area (Å²) in [7, 11) is 0. The lowest BCUT2D eigenvalue weighted by atomic mass is 9.55. The van der Waals surface area contributed by atoms with Crippen LogP contribution in [0.3, 0.4) is 0 Å². The first-order valence-corrected chi connectivity index (χ1v) is 5.62. The maximum Gasteiger partial charge on any atom is 0.159 e. The Morgan fingerprint density at radius 2 is 2.06 bits per heavy atom. The van der Waals surface area contributed by atoms with Crippen molar-refractivity contribution in [2.45, 2.75) is 38.7 Å². The van der Waals surface area contributed by atoms with Gasteiger partial charge < -0.3 is 5.11 Å². The number of hydrogen-bond donors (Lipinski definition) is 1. The molecule has 0 saturated heterocycles. The minimum Gasteiger partial charge on any atom is -0.393 e. The van der Waals surface area contributed by atoms with E-state index in [0.717, 1.165) is 18.1 Å². The predicted octanol–water partition coefficient (Wildman–Crippen LogP) is 3.23. The summed E-state index contributed by atoms with van der Waals surface area (Å²) < 4.78 is 25.9. The summed E-state index contributed by atoms with van der Waals surface area (Å²) in [5.74, 6) is -1.50. The highest BCUT2D eigenvalue weighted by molar-refractivity contribution is 5.28. The molecular weight excluding hydrogens is 210 g/mol. The highest BCUT2D eigenvalue weighted by atomic mass is 19.2. The average molecular weight is 226 g/mol. The van der Waals surface area contributed by atoms with E-state index in [0.29, 0.717) is 6.42 Å². The molecule has 0 aromatic heterocycles. The molecule has 1 N–H and O–H groups in total. The topological polar surface area (TPSA) is 20.2 Å². The third kappa shape index (κ3) is 1.54. The molecule has 1 aliphatic carbocycles. The zero-order valence-corrected chi connectivity index (χ0v) is 9.50. The van der Waals surface area contributed by atoms with E-state index < -0.39 is 11.6 Å². The zero-order chi connectivity index (χ0) is 11.9. The second-order valence-electron chi connectivity index (χ2n) is 4.84. The van der Waals surface area contributed by atoms with Crippen molar-refractivity contribution < 1.29 is 13.9 Å². The molecule has 0 spiro atoms. The van der Waals surface area contributed by atoms with Gasteiger partial charge in [-0.05, 0) is 36.5 Å². The normalized spacial score (nSPS) is 33.6. The van der Waals surface area contributed by atoms with Gasteiger partial charge in [0.05, 0.1) is 6.10 Å². The van der Waals surface area contributed by atoms with E-state index in [2.05, 4.69) is 0 Å². The van der Waals surface area contributed by atoms with Gasteiger partial charge >= 0.3 is 0 Å². The molecule has 1 fully saturated rings. The lowest BCUT2D eigenvalue weighted by Crippen LogP contribution is -2.49. The fraction of sp³-hybridized carbons (Fsp3) is 0.538. The molecule has 0 radical (unpaired) electrons. The molecule has 1 nitrogen and oxygen atoms in total. The molecule has 1 aromatic carbocycles. The molecule has 1 saturated carbocycles. The van der Waals surface area contributed by atoms with Crippen LogP contribution in [-0.4, -0.2) is 11.2 Å². The van der Waals surface area contributed by atoms with E-state index in [1.807, 2.05) is 13.8 Å². The van der Waals surface area contributed by atoms with E-state index in [1.165, 1.54) is 6.07 Å². The van der Waals surface area contributed by atoms with Crippen LogP contribution in [0.15, 0.2) is 18.2 Å². The van der Waals surface area contributed by atoms with Crippen LogP contribution in [0.5, 0.6) is 0 Å². The van der Waals surface area contributed by atoms with Crippen LogP contribution in [-0.2, 0) is 0 Å². The minimum absolute atomic E-state index is 0.127. The van der Waals surface area contributed by atoms with Crippen LogP contribution in [0.1, 0.15) is 38.2 Å². The highest BCUT2D eigenvalue weighted by Gasteiger charge is 2.50. The largest absolute Gasteiger partial charge is 0.393 e. The van der Waals surface area contributed by atoms with Crippen LogP contribution < -0.4 is 0 Å². The number of aliphatic hydroxyl groups is 1. The van der Waals surface area contributed by atoms with Gasteiger partial charge in [0.2, 0.25) is 0 Å². The molecule has 2 rings (SSSR count). The molecule has 0 bridgehead atoms. The number of hydrogen-bond acceptors (Lipinski definition) is 1. The van der Waals surface area contributed by atoms with Gasteiger partial charge in [-0.3, -0.25) is 0 Å². The number of halogens is 2. The fourth-order valence-electron chi connectivity index (χ4n) is 2.56. The Morgan fingerprint density at radius 1 is 1.38 bits per heavy atom. The van der Waals surface area contributed by atoms with E-state index in [4.69, 9.17) is 0 Å². The molecule has 1 aromatic rings. The second kappa shape index (κ2) is 3.81. The third-order valence-corrected chi connectivity index (χ3v) is 4.12. The molecule has 88 valence electrons. The summed E-state index contributed by atoms with van der Waals surface area (Å²) in [4.78, 5) is 0. The van der Waals surface area contributed by atoms with Crippen LogP contribution in [0.25, 0.3) is 0 Å². The van der Waals surface area contributed by atoms with Gasteiger partial charge in [0.25, 0.3) is 0 Å². The van der Waals surface area contributed by atoms with Gasteiger partial charge in [-0.15, -0.1) is 0 Å². The van der Waals surface area contributed by atoms with Crippen molar-refractivity contribution >= 4 is 0 Å². The van der Waals surface area contributed by atoms with Gasteiger partial charge in [0, 0.05) is 5.41 Å². The number of benzene rings is 1. The molecule has 0 heterocycles. The van der Waals surface area contributed by atoms with Crippen molar-refractivity contribution in [2.75, 3.05) is 0 Å². The van der Waals surface area contributed by atoms with Crippen molar-refractivity contribution in [3.63, 3.8) is 0 Å². The van der Waals surface area contributed by atoms with Gasteiger partial charge in [-0.2, -0.15) is 0 Å². The van der Waals surface area contributed by atoms with Crippen LogP contribution in [0.4, 0.5) is 8.78 Å². The minimum atomic E-state index is -0.818. The Morgan fingerprint density at radius 3 is 2.56 bits per heavy atom. The summed E-state index contributed by atoms with van der Waals surface area (Å²) in [6, 6.07) is 4.02. The first-order valence-electron chi connectivity index (χ1n) is 5.62. The lowest BCUT2D eigenvalue weighted by Gasteiger charge is -2.51. The van der Waals surface area contributed by atoms with E-state index >= 15 is 0 Å². The lowest BCUT2D eigenvalue weighted by molar-refractivity contribution is -0.0778. The van der Waals surface area contributed by atoms with Crippen molar-refractivity contribution in [3.05, 3.63) is 35.4 Å². The SMILES string of the molecule is CCC1(C)C(O)CC1c1ccc(F)c(F)c1. The first-order chi connectivity index (χ1) is 7.49. The van der Waals surface area contributed by atoms with Gasteiger partial charge in [0.1, 0.15) is 0 Å². The Bertz CT molecular complexity index is 405. The molecular formula is C13H16F2O. The summed E-state index contributed by atoms with van der Waals surface area (Å²) in [5.41, 5.74) is 0.582. The van der Waals surface area contributed by atoms with Crippen LogP contribution in [0.2, 0.25) is 0 Å². The summed E-state index contributed by atoms with van der Waals surface area (Å²) in [5, 5.41) is 9.75.